The third-order valence-corrected chi connectivity index (χ3v) is 23.1. The lowest BCUT2D eigenvalue weighted by molar-refractivity contribution is 0.670. The van der Waals surface area contributed by atoms with Crippen LogP contribution in [0, 0.1) is 6.92 Å². The number of fused-ring (bicyclic) bond motifs is 10. The first-order chi connectivity index (χ1) is 57.4. The van der Waals surface area contributed by atoms with Crippen LogP contribution in [0.5, 0.6) is 0 Å². The minimum atomic E-state index is 0.816. The molecule has 3 heterocycles. The Hall–Kier alpha value is -15.3. The number of anilines is 6. The summed E-state index contributed by atoms with van der Waals surface area (Å²) >= 11 is 0. The molecule has 0 atom stereocenters. The molecule has 116 heavy (non-hydrogen) atoms. The van der Waals surface area contributed by atoms with Gasteiger partial charge in [0.1, 0.15) is 22.3 Å². The molecule has 0 saturated heterocycles. The lowest BCUT2D eigenvalue weighted by atomic mass is 9.86. The number of hydrogen-bond acceptors (Lipinski definition) is 4. The van der Waals surface area contributed by atoms with E-state index in [9.17, 15) is 0 Å². The molecule has 0 bridgehead atoms. The van der Waals surface area contributed by atoms with E-state index in [0.717, 1.165) is 178 Å². The Morgan fingerprint density at radius 3 is 1.37 bits per heavy atom. The van der Waals surface area contributed by atoms with E-state index in [1.165, 1.54) is 38.2 Å². The van der Waals surface area contributed by atoms with E-state index in [0.29, 0.717) is 0 Å². The summed E-state index contributed by atoms with van der Waals surface area (Å²) in [4.78, 5) is 4.84. The van der Waals surface area contributed by atoms with E-state index < -0.39 is 0 Å². The number of rotatable bonds is 17. The van der Waals surface area contributed by atoms with Crippen molar-refractivity contribution in [2.24, 2.45) is 0 Å². The third kappa shape index (κ3) is 12.0. The number of benzene rings is 18. The van der Waals surface area contributed by atoms with E-state index in [1.54, 1.807) is 0 Å². The Morgan fingerprint density at radius 1 is 0.284 bits per heavy atom. The fourth-order valence-corrected chi connectivity index (χ4v) is 17.8. The molecule has 5 heteroatoms. The van der Waals surface area contributed by atoms with E-state index >= 15 is 0 Å². The zero-order valence-electron chi connectivity index (χ0n) is 63.8. The van der Waals surface area contributed by atoms with E-state index in [2.05, 4.69) is 440 Å². The number of hydrogen-bond donors (Lipinski definition) is 0. The van der Waals surface area contributed by atoms with Gasteiger partial charge in [-0.1, -0.05) is 346 Å². The third-order valence-electron chi connectivity index (χ3n) is 23.1. The standard InChI is InChI=1S/C111H75N3O2/c1-3-28-88(81-35-22-34-80(71-81)78-65-69-84(70-66-78)113(102-53-15-12-42-92(102)95-46-25-48-97-93-43-13-20-58-107(93)115-109(95)97)105-56-18-19-57-106(105)114-103-54-16-9-39-89(103)90-40-10-17-55-104(90)114)108-73(2)29-21-45-94(108)98-49-27-51-100-99-50-26-47-96(110(99)116-111(98)100)91-41-11-14-52-101(91)112(85-37-23-36-82(72-85)87-44-24-33-79-32-7-8-38-86(79)87)83-67-63-77(64-68-83)76-61-59-75(60-62-76)74-30-5-4-6-31-74/h3-72H,1H2,2H3/b88-28-. The SMILES string of the molecule is C=C/C=C(/c1cccc(-c2ccc(N(c3ccccc3-c3cccc4c3oc3ccccc34)c3ccccc3-n3c4ccccc4c4ccccc43)cc2)c1)c1c(C)cccc1-c1cccc2c1oc1c(-c3ccccc3N(c3ccc(-c4ccc(-c5ccccc5)cc4)cc3)c3cccc(-c4cccc5ccccc45)c3)cccc12. The quantitative estimate of drug-likeness (QED) is 0.0852. The van der Waals surface area contributed by atoms with Crippen molar-refractivity contribution in [2.45, 2.75) is 6.92 Å². The number of nitrogens with zero attached hydrogens (tertiary/aromatic N) is 3. The van der Waals surface area contributed by atoms with Crippen molar-refractivity contribution >= 4 is 116 Å². The van der Waals surface area contributed by atoms with Gasteiger partial charge in [-0.2, -0.15) is 0 Å². The van der Waals surface area contributed by atoms with Gasteiger partial charge < -0.3 is 23.2 Å². The lowest BCUT2D eigenvalue weighted by Gasteiger charge is -2.30. The molecule has 0 unspecified atom stereocenters. The zero-order valence-corrected chi connectivity index (χ0v) is 63.8. The Bertz CT molecular complexity index is 7360. The number of furan rings is 2. The fourth-order valence-electron chi connectivity index (χ4n) is 17.8. The minimum absolute atomic E-state index is 0.816. The maximum Gasteiger partial charge on any atom is 0.143 e. The van der Waals surface area contributed by atoms with Crippen LogP contribution in [0.15, 0.2) is 440 Å². The minimum Gasteiger partial charge on any atom is -0.455 e. The van der Waals surface area contributed by atoms with Gasteiger partial charge in [0.05, 0.1) is 33.8 Å². The normalized spacial score (nSPS) is 11.8. The molecular weight excluding hydrogens is 1410 g/mol. The average Bonchev–Trinajstić information content (AvgIpc) is 1.51. The zero-order chi connectivity index (χ0) is 77.2. The van der Waals surface area contributed by atoms with Crippen LogP contribution in [0.4, 0.5) is 34.1 Å². The second kappa shape index (κ2) is 29.1. The van der Waals surface area contributed by atoms with Crippen molar-refractivity contribution < 1.29 is 8.83 Å². The molecule has 0 aliphatic heterocycles. The molecule has 0 saturated carbocycles. The first-order valence-electron chi connectivity index (χ1n) is 39.6. The van der Waals surface area contributed by atoms with Crippen LogP contribution in [0.3, 0.4) is 0 Å². The highest BCUT2D eigenvalue weighted by molar-refractivity contribution is 6.16. The van der Waals surface area contributed by atoms with Crippen LogP contribution in [-0.2, 0) is 0 Å². The van der Waals surface area contributed by atoms with Gasteiger partial charge in [0.2, 0.25) is 0 Å². The van der Waals surface area contributed by atoms with Crippen LogP contribution in [-0.4, -0.2) is 4.57 Å². The van der Waals surface area contributed by atoms with Crippen LogP contribution >= 0.6 is 0 Å². The molecule has 21 aromatic rings. The molecule has 0 N–H and O–H groups in total. The Balaban J connectivity index is 0.656. The second-order valence-corrected chi connectivity index (χ2v) is 29.8. The summed E-state index contributed by atoms with van der Waals surface area (Å²) in [6.07, 6.45) is 4.08. The maximum absolute atomic E-state index is 7.54. The second-order valence-electron chi connectivity index (χ2n) is 29.8. The summed E-state index contributed by atoms with van der Waals surface area (Å²) in [6, 6.07) is 149. The van der Waals surface area contributed by atoms with Crippen LogP contribution in [0.2, 0.25) is 0 Å². The van der Waals surface area contributed by atoms with E-state index in [-0.39, 0.29) is 0 Å². The van der Waals surface area contributed by atoms with Gasteiger partial charge in [-0.25, -0.2) is 0 Å². The first kappa shape index (κ1) is 68.7. The van der Waals surface area contributed by atoms with E-state index in [1.807, 2.05) is 12.1 Å². The average molecular weight is 1480 g/mol. The number of allylic oxidation sites excluding steroid dienone is 2. The smallest absolute Gasteiger partial charge is 0.143 e. The van der Waals surface area contributed by atoms with Crippen molar-refractivity contribution in [3.05, 3.63) is 448 Å². The maximum atomic E-state index is 7.54. The highest BCUT2D eigenvalue weighted by Crippen LogP contribution is 2.51. The fraction of sp³-hybridized carbons (Fsp3) is 0.00901. The molecule has 0 radical (unpaired) electrons. The van der Waals surface area contributed by atoms with Crippen LogP contribution in [0.25, 0.3) is 166 Å². The summed E-state index contributed by atoms with van der Waals surface area (Å²) in [5.41, 5.74) is 32.4. The number of para-hydroxylation sites is 10. The Kier molecular flexibility index (Phi) is 17.2. The number of aryl methyl sites for hydroxylation is 1. The Morgan fingerprint density at radius 2 is 0.707 bits per heavy atom. The Labute approximate surface area is 673 Å². The summed E-state index contributed by atoms with van der Waals surface area (Å²) < 4.78 is 16.8. The topological polar surface area (TPSA) is 37.7 Å². The van der Waals surface area contributed by atoms with Gasteiger partial charge in [-0.05, 0) is 175 Å². The molecule has 5 nitrogen and oxygen atoms in total. The van der Waals surface area contributed by atoms with Crippen LogP contribution in [0.1, 0.15) is 16.7 Å². The molecule has 0 amide bonds. The van der Waals surface area contributed by atoms with Crippen molar-refractivity contribution in [1.82, 2.24) is 4.57 Å². The molecule has 0 aliphatic carbocycles. The number of aromatic nitrogens is 1. The molecule has 3 aromatic heterocycles. The van der Waals surface area contributed by atoms with Gasteiger partial charge in [0.15, 0.2) is 0 Å². The highest BCUT2D eigenvalue weighted by Gasteiger charge is 2.28. The molecule has 0 aliphatic rings. The summed E-state index contributed by atoms with van der Waals surface area (Å²) in [6.45, 7) is 6.58. The summed E-state index contributed by atoms with van der Waals surface area (Å²) in [5, 5.41) is 9.07. The predicted molar refractivity (Wildman–Crippen MR) is 489 cm³/mol. The van der Waals surface area contributed by atoms with Gasteiger partial charge in [-0.3, -0.25) is 0 Å². The van der Waals surface area contributed by atoms with E-state index in [4.69, 9.17) is 8.83 Å². The van der Waals surface area contributed by atoms with Crippen molar-refractivity contribution in [3.8, 4) is 83.6 Å². The van der Waals surface area contributed by atoms with Gasteiger partial charge in [0, 0.05) is 77.2 Å². The van der Waals surface area contributed by atoms with Crippen molar-refractivity contribution in [1.29, 1.82) is 0 Å². The molecular formula is C111H75N3O2. The highest BCUT2D eigenvalue weighted by atomic mass is 16.3. The monoisotopic (exact) mass is 1480 g/mol. The summed E-state index contributed by atoms with van der Waals surface area (Å²) in [5.74, 6) is 0. The van der Waals surface area contributed by atoms with Gasteiger partial charge in [0.25, 0.3) is 0 Å². The molecule has 18 aromatic carbocycles. The first-order valence-corrected chi connectivity index (χ1v) is 39.6. The van der Waals surface area contributed by atoms with Gasteiger partial charge >= 0.3 is 0 Å². The lowest BCUT2D eigenvalue weighted by Crippen LogP contribution is -2.14. The molecule has 0 spiro atoms. The van der Waals surface area contributed by atoms with Crippen molar-refractivity contribution in [2.75, 3.05) is 9.80 Å². The summed E-state index contributed by atoms with van der Waals surface area (Å²) in [7, 11) is 0. The van der Waals surface area contributed by atoms with Gasteiger partial charge in [-0.15, -0.1) is 0 Å². The predicted octanol–water partition coefficient (Wildman–Crippen LogP) is 31.3. The molecule has 21 rings (SSSR count). The van der Waals surface area contributed by atoms with Crippen LogP contribution < -0.4 is 9.80 Å². The molecule has 546 valence electrons. The molecule has 0 fully saturated rings. The van der Waals surface area contributed by atoms with Crippen molar-refractivity contribution in [3.63, 3.8) is 0 Å². The largest absolute Gasteiger partial charge is 0.455 e.